The van der Waals surface area contributed by atoms with Crippen molar-refractivity contribution in [2.75, 3.05) is 14.1 Å². The Labute approximate surface area is 102 Å². The molecule has 1 aromatic carbocycles. The summed E-state index contributed by atoms with van der Waals surface area (Å²) in [6.45, 7) is 0. The number of hydrogen-bond acceptors (Lipinski definition) is 3. The lowest BCUT2D eigenvalue weighted by atomic mass is 10.1. The van der Waals surface area contributed by atoms with Crippen LogP contribution < -0.4 is 0 Å². The molecule has 3 nitrogen and oxygen atoms in total. The van der Waals surface area contributed by atoms with Crippen LogP contribution in [0.25, 0.3) is 5.70 Å². The second kappa shape index (κ2) is 6.15. The molecule has 0 aliphatic heterocycles. The summed E-state index contributed by atoms with van der Waals surface area (Å²) in [5.74, 6) is 0. The third-order valence-corrected chi connectivity index (χ3v) is 2.20. The highest BCUT2D eigenvalue weighted by Gasteiger charge is 2.01. The van der Waals surface area contributed by atoms with Gasteiger partial charge >= 0.3 is 0 Å². The molecular formula is C14H13N3. The highest BCUT2D eigenvalue weighted by molar-refractivity contribution is 5.66. The Morgan fingerprint density at radius 1 is 1.06 bits per heavy atom. The summed E-state index contributed by atoms with van der Waals surface area (Å²) in [7, 11) is 3.84. The SMILES string of the molecule is CN(C)/C(=C/C=C(C#N)C#N)c1ccccc1. The molecule has 0 saturated heterocycles. The van der Waals surface area contributed by atoms with Gasteiger partial charge in [0.25, 0.3) is 0 Å². The molecule has 1 aromatic rings. The number of allylic oxidation sites excluding steroid dienone is 3. The first-order valence-corrected chi connectivity index (χ1v) is 5.14. The first-order valence-electron chi connectivity index (χ1n) is 5.14. The molecule has 0 spiro atoms. The summed E-state index contributed by atoms with van der Waals surface area (Å²) in [4.78, 5) is 1.94. The third-order valence-electron chi connectivity index (χ3n) is 2.20. The lowest BCUT2D eigenvalue weighted by Crippen LogP contribution is -2.09. The molecule has 0 radical (unpaired) electrons. The molecule has 0 N–H and O–H groups in total. The van der Waals surface area contributed by atoms with Gasteiger partial charge in [0.1, 0.15) is 17.7 Å². The first-order chi connectivity index (χ1) is 8.19. The molecule has 1 rings (SSSR count). The summed E-state index contributed by atoms with van der Waals surface area (Å²) in [5.41, 5.74) is 2.10. The van der Waals surface area contributed by atoms with Crippen molar-refractivity contribution in [1.82, 2.24) is 4.90 Å². The zero-order chi connectivity index (χ0) is 12.7. The van der Waals surface area contributed by atoms with Crippen LogP contribution in [0.2, 0.25) is 0 Å². The van der Waals surface area contributed by atoms with Gasteiger partial charge in [-0.1, -0.05) is 30.3 Å². The number of nitriles is 2. The minimum absolute atomic E-state index is 0.0975. The fourth-order valence-electron chi connectivity index (χ4n) is 1.37. The van der Waals surface area contributed by atoms with Gasteiger partial charge in [-0.2, -0.15) is 10.5 Å². The van der Waals surface area contributed by atoms with E-state index >= 15 is 0 Å². The van der Waals surface area contributed by atoms with Crippen molar-refractivity contribution in [3.8, 4) is 12.1 Å². The topological polar surface area (TPSA) is 50.8 Å². The van der Waals surface area contributed by atoms with Crippen LogP contribution in [0.5, 0.6) is 0 Å². The number of rotatable bonds is 3. The zero-order valence-electron chi connectivity index (χ0n) is 9.88. The van der Waals surface area contributed by atoms with E-state index in [0.717, 1.165) is 11.3 Å². The fraction of sp³-hybridized carbons (Fsp3) is 0.143. The molecule has 0 unspecified atom stereocenters. The number of hydrogen-bond donors (Lipinski definition) is 0. The summed E-state index contributed by atoms with van der Waals surface area (Å²) in [6, 6.07) is 13.5. The van der Waals surface area contributed by atoms with Crippen LogP contribution in [0.4, 0.5) is 0 Å². The number of benzene rings is 1. The third kappa shape index (κ3) is 3.52. The second-order valence-corrected chi connectivity index (χ2v) is 3.62. The van der Waals surface area contributed by atoms with Crippen LogP contribution >= 0.6 is 0 Å². The van der Waals surface area contributed by atoms with E-state index in [2.05, 4.69) is 0 Å². The van der Waals surface area contributed by atoms with E-state index in [1.807, 2.05) is 61.5 Å². The maximum atomic E-state index is 8.66. The summed E-state index contributed by atoms with van der Waals surface area (Å²) < 4.78 is 0. The van der Waals surface area contributed by atoms with E-state index in [9.17, 15) is 0 Å². The lowest BCUT2D eigenvalue weighted by Gasteiger charge is -2.16. The molecule has 0 aliphatic rings. The molecule has 0 bridgehead atoms. The van der Waals surface area contributed by atoms with Crippen molar-refractivity contribution in [2.45, 2.75) is 0 Å². The molecule has 0 aromatic heterocycles. The first kappa shape index (κ1) is 12.5. The Morgan fingerprint density at radius 2 is 1.65 bits per heavy atom. The Hall–Kier alpha value is -2.52. The Morgan fingerprint density at radius 3 is 2.12 bits per heavy atom. The van der Waals surface area contributed by atoms with Gasteiger partial charge in [0.2, 0.25) is 0 Å². The fourth-order valence-corrected chi connectivity index (χ4v) is 1.37. The van der Waals surface area contributed by atoms with Crippen LogP contribution in [-0.4, -0.2) is 19.0 Å². The van der Waals surface area contributed by atoms with Gasteiger partial charge in [-0.3, -0.25) is 0 Å². The van der Waals surface area contributed by atoms with Gasteiger partial charge < -0.3 is 4.90 Å². The van der Waals surface area contributed by atoms with Gasteiger partial charge in [0.15, 0.2) is 0 Å². The lowest BCUT2D eigenvalue weighted by molar-refractivity contribution is 0.592. The number of nitrogens with zero attached hydrogens (tertiary/aromatic N) is 3. The average molecular weight is 223 g/mol. The standard InChI is InChI=1S/C14H13N3/c1-17(2)14(9-8-12(10-15)11-16)13-6-4-3-5-7-13/h3-9H,1-2H3/b14-9+. The second-order valence-electron chi connectivity index (χ2n) is 3.62. The smallest absolute Gasteiger partial charge is 0.129 e. The molecular weight excluding hydrogens is 210 g/mol. The largest absolute Gasteiger partial charge is 0.377 e. The van der Waals surface area contributed by atoms with Crippen LogP contribution in [0, 0.1) is 22.7 Å². The molecule has 0 fully saturated rings. The Kier molecular flexibility index (Phi) is 4.54. The van der Waals surface area contributed by atoms with Gasteiger partial charge in [0.05, 0.1) is 0 Å². The van der Waals surface area contributed by atoms with Crippen LogP contribution in [0.1, 0.15) is 5.56 Å². The van der Waals surface area contributed by atoms with Crippen molar-refractivity contribution in [1.29, 1.82) is 10.5 Å². The highest BCUT2D eigenvalue weighted by Crippen LogP contribution is 2.16. The molecule has 84 valence electrons. The van der Waals surface area contributed by atoms with Crippen molar-refractivity contribution < 1.29 is 0 Å². The molecule has 17 heavy (non-hydrogen) atoms. The van der Waals surface area contributed by atoms with E-state index < -0.39 is 0 Å². The maximum Gasteiger partial charge on any atom is 0.129 e. The Bertz CT molecular complexity index is 495. The van der Waals surface area contributed by atoms with Crippen molar-refractivity contribution in [3.63, 3.8) is 0 Å². The minimum Gasteiger partial charge on any atom is -0.377 e. The summed E-state index contributed by atoms with van der Waals surface area (Å²) in [6.07, 6.45) is 3.30. The molecule has 0 aliphatic carbocycles. The van der Waals surface area contributed by atoms with Crippen LogP contribution in [-0.2, 0) is 0 Å². The van der Waals surface area contributed by atoms with Crippen molar-refractivity contribution in [3.05, 3.63) is 53.6 Å². The van der Waals surface area contributed by atoms with Gasteiger partial charge in [-0.15, -0.1) is 0 Å². The van der Waals surface area contributed by atoms with E-state index in [-0.39, 0.29) is 5.57 Å². The predicted octanol–water partition coefficient (Wildman–Crippen LogP) is 2.56. The average Bonchev–Trinajstić information content (AvgIpc) is 2.35. The van der Waals surface area contributed by atoms with E-state index in [1.54, 1.807) is 6.08 Å². The van der Waals surface area contributed by atoms with E-state index in [0.29, 0.717) is 0 Å². The van der Waals surface area contributed by atoms with E-state index in [4.69, 9.17) is 10.5 Å². The maximum absolute atomic E-state index is 8.66. The molecule has 0 saturated carbocycles. The van der Waals surface area contributed by atoms with Gasteiger partial charge in [-0.05, 0) is 17.7 Å². The minimum atomic E-state index is 0.0975. The molecule has 0 atom stereocenters. The highest BCUT2D eigenvalue weighted by atomic mass is 15.1. The molecule has 3 heteroatoms. The van der Waals surface area contributed by atoms with Crippen LogP contribution in [0.3, 0.4) is 0 Å². The zero-order valence-corrected chi connectivity index (χ0v) is 9.88. The molecule has 0 amide bonds. The van der Waals surface area contributed by atoms with Gasteiger partial charge in [0, 0.05) is 19.8 Å². The van der Waals surface area contributed by atoms with Crippen LogP contribution in [0.15, 0.2) is 48.1 Å². The van der Waals surface area contributed by atoms with E-state index in [1.165, 1.54) is 6.08 Å². The monoisotopic (exact) mass is 223 g/mol. The predicted molar refractivity (Wildman–Crippen MR) is 67.4 cm³/mol. The van der Waals surface area contributed by atoms with Crippen molar-refractivity contribution >= 4 is 5.70 Å². The quantitative estimate of drug-likeness (QED) is 0.584. The van der Waals surface area contributed by atoms with Gasteiger partial charge in [-0.25, -0.2) is 0 Å². The summed E-state index contributed by atoms with van der Waals surface area (Å²) in [5, 5.41) is 17.3. The van der Waals surface area contributed by atoms with Crippen molar-refractivity contribution in [2.24, 2.45) is 0 Å². The normalized spacial score (nSPS) is 10.0. The summed E-state index contributed by atoms with van der Waals surface area (Å²) >= 11 is 0. The molecule has 0 heterocycles. The Balaban J connectivity index is 3.13.